The molecule has 2 amide bonds. The average Bonchev–Trinajstić information content (AvgIpc) is 3.40. The molecule has 1 atom stereocenters. The number of primary amides is 2. The topological polar surface area (TPSA) is 139 Å². The molecule has 2 aliphatic rings. The fourth-order valence-corrected chi connectivity index (χ4v) is 3.56. The molecule has 1 saturated carbocycles. The predicted octanol–water partition coefficient (Wildman–Crippen LogP) is 1.60. The van der Waals surface area contributed by atoms with Crippen LogP contribution in [0.5, 0.6) is 0 Å². The molecule has 2 heterocycles. The van der Waals surface area contributed by atoms with Gasteiger partial charge >= 0.3 is 0 Å². The van der Waals surface area contributed by atoms with Gasteiger partial charge < -0.3 is 27.0 Å². The number of carbonyl (C=O) groups is 2. The lowest BCUT2D eigenvalue weighted by atomic mass is 10.2. The van der Waals surface area contributed by atoms with Gasteiger partial charge in [-0.1, -0.05) is 0 Å². The van der Waals surface area contributed by atoms with E-state index in [-0.39, 0.29) is 17.5 Å². The highest BCUT2D eigenvalue weighted by molar-refractivity contribution is 5.97. The van der Waals surface area contributed by atoms with Crippen LogP contribution in [0, 0.1) is 5.92 Å². The summed E-state index contributed by atoms with van der Waals surface area (Å²) in [5.41, 5.74) is 13.0. The van der Waals surface area contributed by atoms with Crippen molar-refractivity contribution in [3.05, 3.63) is 36.0 Å². The van der Waals surface area contributed by atoms with Crippen molar-refractivity contribution >= 4 is 35.0 Å². The predicted molar refractivity (Wildman–Crippen MR) is 111 cm³/mol. The molecule has 29 heavy (non-hydrogen) atoms. The molecule has 1 aliphatic carbocycles. The normalized spacial score (nSPS) is 18.5. The Morgan fingerprint density at radius 1 is 1.14 bits per heavy atom. The molecule has 0 bridgehead atoms. The Morgan fingerprint density at radius 3 is 2.55 bits per heavy atom. The Morgan fingerprint density at radius 2 is 1.90 bits per heavy atom. The Bertz CT molecular complexity index is 912. The second-order valence-corrected chi connectivity index (χ2v) is 7.57. The SMILES string of the molecule is NC(=O)c1cnc(Nc2ccc(N3CCC[C@H]3C(N)=O)cc2)nc1NCC1CC1. The first kappa shape index (κ1) is 19.0. The van der Waals surface area contributed by atoms with Gasteiger partial charge in [0, 0.05) is 30.7 Å². The average molecular weight is 395 g/mol. The summed E-state index contributed by atoms with van der Waals surface area (Å²) in [4.78, 5) is 33.9. The van der Waals surface area contributed by atoms with Crippen molar-refractivity contribution in [1.82, 2.24) is 9.97 Å². The van der Waals surface area contributed by atoms with Gasteiger partial charge in [-0.25, -0.2) is 4.98 Å². The van der Waals surface area contributed by atoms with E-state index in [9.17, 15) is 9.59 Å². The van der Waals surface area contributed by atoms with E-state index in [0.717, 1.165) is 37.3 Å². The molecule has 4 rings (SSSR count). The van der Waals surface area contributed by atoms with Crippen molar-refractivity contribution in [2.45, 2.75) is 31.7 Å². The van der Waals surface area contributed by atoms with Crippen LogP contribution in [0.3, 0.4) is 0 Å². The fraction of sp³-hybridized carbons (Fsp3) is 0.400. The van der Waals surface area contributed by atoms with Crippen LogP contribution in [0.25, 0.3) is 0 Å². The number of rotatable bonds is 8. The molecule has 1 aliphatic heterocycles. The Balaban J connectivity index is 1.47. The Kier molecular flexibility index (Phi) is 5.20. The standard InChI is InChI=1S/C20H25N7O2/c21-17(28)15-11-24-20(26-19(15)23-10-12-3-4-12)25-13-5-7-14(8-6-13)27-9-1-2-16(27)18(22)29/h5-8,11-12,16H,1-4,9-10H2,(H2,21,28)(H2,22,29)(H2,23,24,25,26)/t16-/m0/s1. The fourth-order valence-electron chi connectivity index (χ4n) is 3.56. The third-order valence-corrected chi connectivity index (χ3v) is 5.35. The molecule has 152 valence electrons. The van der Waals surface area contributed by atoms with E-state index >= 15 is 0 Å². The lowest BCUT2D eigenvalue weighted by Gasteiger charge is -2.24. The molecule has 2 aromatic rings. The highest BCUT2D eigenvalue weighted by Gasteiger charge is 2.29. The number of amides is 2. The number of hydrogen-bond donors (Lipinski definition) is 4. The van der Waals surface area contributed by atoms with Gasteiger partial charge in [-0.3, -0.25) is 9.59 Å². The van der Waals surface area contributed by atoms with E-state index in [4.69, 9.17) is 11.5 Å². The molecule has 0 unspecified atom stereocenters. The zero-order valence-corrected chi connectivity index (χ0v) is 16.1. The minimum atomic E-state index is -0.561. The summed E-state index contributed by atoms with van der Waals surface area (Å²) < 4.78 is 0. The second-order valence-electron chi connectivity index (χ2n) is 7.57. The lowest BCUT2D eigenvalue weighted by Crippen LogP contribution is -2.40. The molecule has 0 radical (unpaired) electrons. The van der Waals surface area contributed by atoms with Crippen molar-refractivity contribution in [2.75, 3.05) is 28.6 Å². The van der Waals surface area contributed by atoms with Crippen LogP contribution in [0.15, 0.2) is 30.5 Å². The molecule has 6 N–H and O–H groups in total. The van der Waals surface area contributed by atoms with E-state index in [1.165, 1.54) is 19.0 Å². The van der Waals surface area contributed by atoms with Gasteiger partial charge in [-0.05, 0) is 55.9 Å². The molecule has 1 aromatic carbocycles. The third kappa shape index (κ3) is 4.39. The van der Waals surface area contributed by atoms with Gasteiger partial charge in [0.2, 0.25) is 11.9 Å². The number of aromatic nitrogens is 2. The quantitative estimate of drug-likeness (QED) is 0.532. The van der Waals surface area contributed by atoms with E-state index in [0.29, 0.717) is 17.7 Å². The molecular weight excluding hydrogens is 370 g/mol. The molecule has 0 spiro atoms. The Hall–Kier alpha value is -3.36. The molecular formula is C20H25N7O2. The summed E-state index contributed by atoms with van der Waals surface area (Å²) in [7, 11) is 0. The molecule has 1 aromatic heterocycles. The monoisotopic (exact) mass is 395 g/mol. The zero-order valence-electron chi connectivity index (χ0n) is 16.1. The van der Waals surface area contributed by atoms with Crippen LogP contribution in [0.2, 0.25) is 0 Å². The zero-order chi connectivity index (χ0) is 20.4. The summed E-state index contributed by atoms with van der Waals surface area (Å²) in [5.74, 6) is 0.592. The molecule has 1 saturated heterocycles. The number of nitrogens with zero attached hydrogens (tertiary/aromatic N) is 3. The van der Waals surface area contributed by atoms with Gasteiger partial charge in [0.1, 0.15) is 11.9 Å². The van der Waals surface area contributed by atoms with Crippen LogP contribution in [-0.4, -0.2) is 40.9 Å². The first-order chi connectivity index (χ1) is 14.0. The highest BCUT2D eigenvalue weighted by atomic mass is 16.1. The highest BCUT2D eigenvalue weighted by Crippen LogP contribution is 2.30. The van der Waals surface area contributed by atoms with Crippen LogP contribution in [0.1, 0.15) is 36.0 Å². The van der Waals surface area contributed by atoms with Gasteiger partial charge in [0.05, 0.1) is 5.56 Å². The minimum Gasteiger partial charge on any atom is -0.369 e. The van der Waals surface area contributed by atoms with Crippen molar-refractivity contribution in [1.29, 1.82) is 0 Å². The van der Waals surface area contributed by atoms with Crippen molar-refractivity contribution in [3.8, 4) is 0 Å². The third-order valence-electron chi connectivity index (χ3n) is 5.35. The van der Waals surface area contributed by atoms with Crippen LogP contribution in [-0.2, 0) is 4.79 Å². The summed E-state index contributed by atoms with van der Waals surface area (Å²) in [5, 5.41) is 6.34. The van der Waals surface area contributed by atoms with Crippen molar-refractivity contribution < 1.29 is 9.59 Å². The lowest BCUT2D eigenvalue weighted by molar-refractivity contribution is -0.119. The van der Waals surface area contributed by atoms with Gasteiger partial charge in [-0.15, -0.1) is 0 Å². The number of carbonyl (C=O) groups excluding carboxylic acids is 2. The van der Waals surface area contributed by atoms with Gasteiger partial charge in [0.25, 0.3) is 5.91 Å². The Labute approximate surface area is 168 Å². The summed E-state index contributed by atoms with van der Waals surface area (Å²) in [6.07, 6.45) is 5.55. The molecule has 9 nitrogen and oxygen atoms in total. The van der Waals surface area contributed by atoms with Crippen LogP contribution >= 0.6 is 0 Å². The van der Waals surface area contributed by atoms with Crippen molar-refractivity contribution in [2.24, 2.45) is 17.4 Å². The van der Waals surface area contributed by atoms with E-state index in [1.54, 1.807) is 0 Å². The van der Waals surface area contributed by atoms with Crippen LogP contribution < -0.4 is 27.0 Å². The van der Waals surface area contributed by atoms with Crippen molar-refractivity contribution in [3.63, 3.8) is 0 Å². The summed E-state index contributed by atoms with van der Waals surface area (Å²) in [6.45, 7) is 1.58. The number of anilines is 4. The summed E-state index contributed by atoms with van der Waals surface area (Å²) in [6, 6.07) is 7.42. The largest absolute Gasteiger partial charge is 0.369 e. The summed E-state index contributed by atoms with van der Waals surface area (Å²) >= 11 is 0. The maximum absolute atomic E-state index is 11.6. The van der Waals surface area contributed by atoms with Crippen LogP contribution in [0.4, 0.5) is 23.1 Å². The second kappa shape index (κ2) is 7.94. The minimum absolute atomic E-state index is 0.251. The van der Waals surface area contributed by atoms with E-state index in [1.807, 2.05) is 29.2 Å². The van der Waals surface area contributed by atoms with E-state index < -0.39 is 5.91 Å². The number of nitrogens with one attached hydrogen (secondary N) is 2. The maximum atomic E-state index is 11.6. The smallest absolute Gasteiger partial charge is 0.254 e. The van der Waals surface area contributed by atoms with Gasteiger partial charge in [0.15, 0.2) is 0 Å². The number of hydrogen-bond acceptors (Lipinski definition) is 7. The van der Waals surface area contributed by atoms with Gasteiger partial charge in [-0.2, -0.15) is 4.98 Å². The number of benzene rings is 1. The van der Waals surface area contributed by atoms with E-state index in [2.05, 4.69) is 20.6 Å². The number of nitrogens with two attached hydrogens (primary N) is 2. The molecule has 2 fully saturated rings. The molecule has 9 heteroatoms. The maximum Gasteiger partial charge on any atom is 0.254 e. The first-order valence-electron chi connectivity index (χ1n) is 9.85. The first-order valence-corrected chi connectivity index (χ1v) is 9.85.